The summed E-state index contributed by atoms with van der Waals surface area (Å²) in [7, 11) is 0. The van der Waals surface area contributed by atoms with E-state index in [1.165, 1.54) is 18.3 Å². The second-order valence-electron chi connectivity index (χ2n) is 6.14. The van der Waals surface area contributed by atoms with Crippen molar-refractivity contribution in [2.75, 3.05) is 11.9 Å². The molecule has 0 aliphatic heterocycles. The monoisotopic (exact) mass is 428 g/mol. The van der Waals surface area contributed by atoms with E-state index >= 15 is 0 Å². The number of hydrogen-bond donors (Lipinski definition) is 1. The number of ether oxygens (including phenoxy) is 1. The van der Waals surface area contributed by atoms with Gasteiger partial charge in [-0.2, -0.15) is 0 Å². The van der Waals surface area contributed by atoms with Gasteiger partial charge >= 0.3 is 5.97 Å². The Bertz CT molecular complexity index is 1060. The summed E-state index contributed by atoms with van der Waals surface area (Å²) in [6, 6.07) is 13.9. The zero-order chi connectivity index (χ0) is 20.8. The summed E-state index contributed by atoms with van der Waals surface area (Å²) in [5, 5.41) is 5.70. The number of thiazole rings is 1. The highest BCUT2D eigenvalue weighted by atomic mass is 35.5. The highest BCUT2D eigenvalue weighted by Gasteiger charge is 2.14. The summed E-state index contributed by atoms with van der Waals surface area (Å²) >= 11 is 7.38. The first kappa shape index (κ1) is 20.7. The molecule has 1 N–H and O–H groups in total. The van der Waals surface area contributed by atoms with E-state index in [4.69, 9.17) is 16.3 Å². The predicted molar refractivity (Wildman–Crippen MR) is 112 cm³/mol. The lowest BCUT2D eigenvalue weighted by Gasteiger charge is -2.09. The first-order valence-electron chi connectivity index (χ1n) is 8.68. The molecule has 0 fully saturated rings. The summed E-state index contributed by atoms with van der Waals surface area (Å²) in [6.07, 6.45) is -0.0472. The third-order valence-electron chi connectivity index (χ3n) is 3.89. The highest BCUT2D eigenvalue weighted by molar-refractivity contribution is 7.13. The number of Topliss-reactive ketones (excluding diaryl/α,β-unsaturated/α-hetero) is 1. The number of halogens is 1. The van der Waals surface area contributed by atoms with E-state index in [2.05, 4.69) is 10.3 Å². The highest BCUT2D eigenvalue weighted by Crippen LogP contribution is 2.26. The summed E-state index contributed by atoms with van der Waals surface area (Å²) in [5.74, 6) is -1.26. The molecule has 0 bridgehead atoms. The molecule has 2 aromatic carbocycles. The smallest absolute Gasteiger partial charge is 0.312 e. The van der Waals surface area contributed by atoms with E-state index < -0.39 is 18.5 Å². The van der Waals surface area contributed by atoms with Gasteiger partial charge in [0.2, 0.25) is 0 Å². The van der Waals surface area contributed by atoms with Gasteiger partial charge in [-0.3, -0.25) is 14.4 Å². The molecule has 29 heavy (non-hydrogen) atoms. The lowest BCUT2D eigenvalue weighted by atomic mass is 10.1. The van der Waals surface area contributed by atoms with Gasteiger partial charge in [0.1, 0.15) is 5.01 Å². The zero-order valence-corrected chi connectivity index (χ0v) is 17.0. The van der Waals surface area contributed by atoms with Gasteiger partial charge in [-0.25, -0.2) is 4.98 Å². The number of benzene rings is 2. The lowest BCUT2D eigenvalue weighted by Crippen LogP contribution is -2.22. The maximum absolute atomic E-state index is 12.0. The van der Waals surface area contributed by atoms with Crippen molar-refractivity contribution in [2.45, 2.75) is 13.3 Å². The molecule has 0 spiro atoms. The van der Waals surface area contributed by atoms with Crippen molar-refractivity contribution < 1.29 is 19.1 Å². The second kappa shape index (κ2) is 9.45. The quantitative estimate of drug-likeness (QED) is 0.445. The summed E-state index contributed by atoms with van der Waals surface area (Å²) in [6.45, 7) is 0.965. The van der Waals surface area contributed by atoms with Crippen LogP contribution in [-0.4, -0.2) is 29.3 Å². The molecule has 6 nitrogen and oxygen atoms in total. The minimum absolute atomic E-state index is 0.0472. The van der Waals surface area contributed by atoms with Crippen LogP contribution >= 0.6 is 22.9 Å². The number of hydrogen-bond acceptors (Lipinski definition) is 6. The number of carbonyl (C=O) groups is 3. The van der Waals surface area contributed by atoms with Crippen LogP contribution in [0.15, 0.2) is 53.9 Å². The molecule has 1 amide bonds. The molecule has 1 aromatic heterocycles. The molecule has 8 heteroatoms. The van der Waals surface area contributed by atoms with E-state index in [1.54, 1.807) is 41.8 Å². The number of anilines is 1. The molecule has 0 radical (unpaired) electrons. The van der Waals surface area contributed by atoms with Gasteiger partial charge in [-0.05, 0) is 31.2 Å². The molecule has 1 heterocycles. The minimum atomic E-state index is -0.567. The molecule has 0 unspecified atom stereocenters. The van der Waals surface area contributed by atoms with Crippen LogP contribution in [0.25, 0.3) is 10.6 Å². The van der Waals surface area contributed by atoms with E-state index in [-0.39, 0.29) is 12.2 Å². The molecule has 3 aromatic rings. The fourth-order valence-electron chi connectivity index (χ4n) is 2.57. The molecule has 0 aliphatic rings. The van der Waals surface area contributed by atoms with Gasteiger partial charge in [0.15, 0.2) is 12.4 Å². The number of rotatable bonds is 7. The third kappa shape index (κ3) is 5.73. The largest absolute Gasteiger partial charge is 0.455 e. The van der Waals surface area contributed by atoms with E-state index in [0.717, 1.165) is 10.6 Å². The van der Waals surface area contributed by atoms with Gasteiger partial charge in [-0.15, -0.1) is 11.3 Å². The van der Waals surface area contributed by atoms with Gasteiger partial charge in [0.05, 0.1) is 17.8 Å². The Morgan fingerprint density at radius 3 is 2.69 bits per heavy atom. The van der Waals surface area contributed by atoms with Gasteiger partial charge < -0.3 is 10.1 Å². The maximum Gasteiger partial charge on any atom is 0.312 e. The maximum atomic E-state index is 12.0. The van der Waals surface area contributed by atoms with E-state index in [1.807, 2.05) is 12.1 Å². The minimum Gasteiger partial charge on any atom is -0.455 e. The van der Waals surface area contributed by atoms with Crippen molar-refractivity contribution in [2.24, 2.45) is 0 Å². The number of ketones is 1. The van der Waals surface area contributed by atoms with Crippen molar-refractivity contribution in [3.8, 4) is 10.6 Å². The van der Waals surface area contributed by atoms with Crippen molar-refractivity contribution >= 4 is 46.3 Å². The standard InChI is InChI=1S/C21H17ClN2O4S/c1-13(25)17-7-2-3-8-18(17)24-19(26)11-28-20(27)10-16-12-29-21(23-16)14-5-4-6-15(22)9-14/h2-9,12H,10-11H2,1H3,(H,24,26). The summed E-state index contributed by atoms with van der Waals surface area (Å²) < 4.78 is 5.02. The fraction of sp³-hybridized carbons (Fsp3) is 0.143. The molecule has 0 aliphatic carbocycles. The number of nitrogens with zero attached hydrogens (tertiary/aromatic N) is 1. The Labute approximate surface area is 176 Å². The van der Waals surface area contributed by atoms with Crippen molar-refractivity contribution in [3.63, 3.8) is 0 Å². The number of nitrogens with one attached hydrogen (secondary N) is 1. The average molecular weight is 429 g/mol. The van der Waals surface area contributed by atoms with Crippen LogP contribution in [0, 0.1) is 0 Å². The SMILES string of the molecule is CC(=O)c1ccccc1NC(=O)COC(=O)Cc1csc(-c2cccc(Cl)c2)n1. The Morgan fingerprint density at radius 2 is 1.93 bits per heavy atom. The molecule has 0 saturated heterocycles. The van der Waals surface area contributed by atoms with Crippen LogP contribution in [0.2, 0.25) is 5.02 Å². The van der Waals surface area contributed by atoms with Gasteiger partial charge in [0, 0.05) is 21.5 Å². The molecular weight excluding hydrogens is 412 g/mol. The van der Waals surface area contributed by atoms with Crippen LogP contribution in [0.3, 0.4) is 0 Å². The Morgan fingerprint density at radius 1 is 1.14 bits per heavy atom. The van der Waals surface area contributed by atoms with Crippen LogP contribution in [0.5, 0.6) is 0 Å². The van der Waals surface area contributed by atoms with Crippen LogP contribution in [0.1, 0.15) is 23.0 Å². The van der Waals surface area contributed by atoms with Crippen LogP contribution < -0.4 is 5.32 Å². The predicted octanol–water partition coefficient (Wildman–Crippen LogP) is 4.39. The van der Waals surface area contributed by atoms with Crippen LogP contribution in [0.4, 0.5) is 5.69 Å². The summed E-state index contributed by atoms with van der Waals surface area (Å²) in [5.41, 5.74) is 2.19. The third-order valence-corrected chi connectivity index (χ3v) is 5.07. The summed E-state index contributed by atoms with van der Waals surface area (Å²) in [4.78, 5) is 40.1. The van der Waals surface area contributed by atoms with Crippen LogP contribution in [-0.2, 0) is 20.7 Å². The Kier molecular flexibility index (Phi) is 6.74. The number of carbonyl (C=O) groups excluding carboxylic acids is 3. The number of amides is 1. The molecular formula is C21H17ClN2O4S. The lowest BCUT2D eigenvalue weighted by molar-refractivity contribution is -0.146. The van der Waals surface area contributed by atoms with Crippen molar-refractivity contribution in [1.29, 1.82) is 0 Å². The second-order valence-corrected chi connectivity index (χ2v) is 7.44. The first-order valence-corrected chi connectivity index (χ1v) is 9.94. The first-order chi connectivity index (χ1) is 13.9. The molecule has 0 atom stereocenters. The topological polar surface area (TPSA) is 85.4 Å². The Balaban J connectivity index is 1.53. The van der Waals surface area contributed by atoms with Gasteiger partial charge in [0.25, 0.3) is 5.91 Å². The number of para-hydroxylation sites is 1. The average Bonchev–Trinajstić information content (AvgIpc) is 3.15. The van der Waals surface area contributed by atoms with Crippen molar-refractivity contribution in [3.05, 3.63) is 70.2 Å². The molecule has 148 valence electrons. The van der Waals surface area contributed by atoms with E-state index in [9.17, 15) is 14.4 Å². The normalized spacial score (nSPS) is 10.4. The molecule has 3 rings (SSSR count). The number of esters is 1. The fourth-order valence-corrected chi connectivity index (χ4v) is 3.58. The van der Waals surface area contributed by atoms with Crippen molar-refractivity contribution in [1.82, 2.24) is 4.98 Å². The number of aromatic nitrogens is 1. The zero-order valence-electron chi connectivity index (χ0n) is 15.5. The molecule has 0 saturated carbocycles. The van der Waals surface area contributed by atoms with Gasteiger partial charge in [-0.1, -0.05) is 35.9 Å². The Hall–Kier alpha value is -3.03. The van der Waals surface area contributed by atoms with E-state index in [0.29, 0.717) is 22.0 Å².